The predicted octanol–water partition coefficient (Wildman–Crippen LogP) is 1.87. The number of halogens is 5. The topological polar surface area (TPSA) is 143 Å². The Morgan fingerprint density at radius 3 is 2.52 bits per heavy atom. The maximum atomic E-state index is 12.8. The summed E-state index contributed by atoms with van der Waals surface area (Å²) in [6.07, 6.45) is -5.04. The maximum Gasteiger partial charge on any atom is 0.391 e. The average Bonchev–Trinajstić information content (AvgIpc) is 3.10. The molecule has 9 nitrogen and oxygen atoms in total. The highest BCUT2D eigenvalue weighted by Crippen LogP contribution is 2.29. The molecular formula is C19H23Cl2F3N6O3. The number of benzene rings is 1. The molecule has 3 amide bonds. The van der Waals surface area contributed by atoms with Crippen LogP contribution < -0.4 is 27.6 Å². The largest absolute Gasteiger partial charge is 0.399 e. The van der Waals surface area contributed by atoms with Crippen molar-refractivity contribution in [2.24, 2.45) is 17.5 Å². The number of amides is 3. The quantitative estimate of drug-likeness (QED) is 0.224. The van der Waals surface area contributed by atoms with Gasteiger partial charge in [-0.2, -0.15) is 13.2 Å². The first kappa shape index (κ1) is 26.6. The van der Waals surface area contributed by atoms with E-state index in [4.69, 9.17) is 34.8 Å². The van der Waals surface area contributed by atoms with Crippen molar-refractivity contribution in [3.05, 3.63) is 40.1 Å². The second-order valence-corrected chi connectivity index (χ2v) is 8.22. The fourth-order valence-corrected chi connectivity index (χ4v) is 3.71. The number of alkyl halides is 3. The van der Waals surface area contributed by atoms with Crippen LogP contribution in [0.5, 0.6) is 0 Å². The molecule has 3 atom stereocenters. The number of anilines is 1. The lowest BCUT2D eigenvalue weighted by atomic mass is 10.0. The van der Waals surface area contributed by atoms with Crippen LogP contribution in [0, 0.1) is 5.92 Å². The fraction of sp³-hybridized carbons (Fsp3) is 0.421. The van der Waals surface area contributed by atoms with Gasteiger partial charge in [-0.25, -0.2) is 0 Å². The summed E-state index contributed by atoms with van der Waals surface area (Å²) in [6.45, 7) is 1.63. The van der Waals surface area contributed by atoms with E-state index in [1.807, 2.05) is 10.7 Å². The smallest absolute Gasteiger partial charge is 0.391 e. The van der Waals surface area contributed by atoms with Gasteiger partial charge in [0.15, 0.2) is 0 Å². The third-order valence-electron chi connectivity index (χ3n) is 5.13. The third kappa shape index (κ3) is 7.14. The molecule has 1 aliphatic rings. The van der Waals surface area contributed by atoms with Crippen molar-refractivity contribution in [1.82, 2.24) is 15.6 Å². The van der Waals surface area contributed by atoms with Crippen LogP contribution in [0.1, 0.15) is 19.8 Å². The number of nitrogens with one attached hydrogen (secondary N) is 3. The Labute approximate surface area is 197 Å². The Morgan fingerprint density at radius 2 is 1.94 bits per heavy atom. The highest BCUT2D eigenvalue weighted by atomic mass is 35.5. The highest BCUT2D eigenvalue weighted by Gasteiger charge is 2.41. The Kier molecular flexibility index (Phi) is 8.81. The molecule has 0 radical (unpaired) electrons. The van der Waals surface area contributed by atoms with Crippen molar-refractivity contribution < 1.29 is 27.6 Å². The van der Waals surface area contributed by atoms with Gasteiger partial charge >= 0.3 is 18.0 Å². The average molecular weight is 511 g/mol. The second-order valence-electron chi connectivity index (χ2n) is 7.41. The van der Waals surface area contributed by atoms with Crippen molar-refractivity contribution in [1.29, 1.82) is 0 Å². The van der Waals surface area contributed by atoms with Crippen molar-refractivity contribution in [2.45, 2.75) is 38.0 Å². The normalized spacial score (nSPS) is 19.7. The Hall–Kier alpha value is -2.70. The summed E-state index contributed by atoms with van der Waals surface area (Å²) < 4.78 is 38.5. The molecule has 1 saturated heterocycles. The molecule has 1 fully saturated rings. The van der Waals surface area contributed by atoms with Gasteiger partial charge in [0.2, 0.25) is 5.91 Å². The minimum Gasteiger partial charge on any atom is -0.399 e. The van der Waals surface area contributed by atoms with Crippen LogP contribution in [0.2, 0.25) is 10.0 Å². The summed E-state index contributed by atoms with van der Waals surface area (Å²) in [6, 6.07) is 2.13. The predicted molar refractivity (Wildman–Crippen MR) is 117 cm³/mol. The molecule has 1 aliphatic heterocycles. The van der Waals surface area contributed by atoms with Gasteiger partial charge in [-0.05, 0) is 31.5 Å². The summed E-state index contributed by atoms with van der Waals surface area (Å²) in [4.78, 5) is 38.8. The number of likely N-dealkylation sites (tertiary alicyclic amines) is 1. The Balaban J connectivity index is 2.05. The molecule has 1 aromatic carbocycles. The van der Waals surface area contributed by atoms with Gasteiger partial charge in [0.05, 0.1) is 28.4 Å². The third-order valence-corrected chi connectivity index (χ3v) is 5.87. The molecule has 182 valence electrons. The van der Waals surface area contributed by atoms with Crippen LogP contribution in [-0.2, 0) is 14.4 Å². The summed E-state index contributed by atoms with van der Waals surface area (Å²) >= 11 is 11.8. The number of hydrogen-bond acceptors (Lipinski definition) is 6. The van der Waals surface area contributed by atoms with Crippen molar-refractivity contribution in [3.63, 3.8) is 0 Å². The molecule has 7 N–H and O–H groups in total. The Bertz CT molecular complexity index is 944. The minimum atomic E-state index is -4.66. The molecule has 2 rings (SSSR count). The zero-order valence-electron chi connectivity index (χ0n) is 17.4. The van der Waals surface area contributed by atoms with E-state index in [1.165, 1.54) is 12.1 Å². The highest BCUT2D eigenvalue weighted by molar-refractivity contribution is 6.42. The van der Waals surface area contributed by atoms with E-state index in [9.17, 15) is 27.6 Å². The molecule has 0 bridgehead atoms. The molecular weight excluding hydrogens is 488 g/mol. The molecule has 1 aromatic rings. The van der Waals surface area contributed by atoms with E-state index in [0.29, 0.717) is 10.7 Å². The molecule has 3 unspecified atom stereocenters. The van der Waals surface area contributed by atoms with E-state index in [0.717, 1.165) is 11.1 Å². The van der Waals surface area contributed by atoms with Crippen LogP contribution in [0.4, 0.5) is 18.9 Å². The van der Waals surface area contributed by atoms with E-state index in [2.05, 4.69) is 5.32 Å². The summed E-state index contributed by atoms with van der Waals surface area (Å²) in [5.41, 5.74) is 7.50. The summed E-state index contributed by atoms with van der Waals surface area (Å²) in [7, 11) is 0. The number of hydrogen-bond donors (Lipinski definition) is 5. The molecule has 0 spiro atoms. The zero-order chi connectivity index (χ0) is 24.9. The minimum absolute atomic E-state index is 0.0620. The number of carbonyl (C=O) groups excluding carboxylic acids is 3. The summed E-state index contributed by atoms with van der Waals surface area (Å²) in [5, 5.41) is 5.21. The number of carbonyl (C=O) groups is 3. The maximum absolute atomic E-state index is 12.8. The Morgan fingerprint density at radius 1 is 1.27 bits per heavy atom. The van der Waals surface area contributed by atoms with Crippen molar-refractivity contribution >= 4 is 46.6 Å². The molecule has 0 saturated carbocycles. The standard InChI is InChI=1S/C19H23Cl2F3N6O3/c1-9-11(16(31)28-10-2-3-12(20)13(21)6-10)4-5-30(9)18(33)17(32)29-15(7-19(22,23)24)14(25)8-27-26/h2-3,6,8-9,11,15,27H,4-5,7,25-26H2,1H3,(H,28,31)(H,29,32)/b14-8-. The van der Waals surface area contributed by atoms with Gasteiger partial charge in [-0.1, -0.05) is 23.2 Å². The monoisotopic (exact) mass is 510 g/mol. The van der Waals surface area contributed by atoms with Gasteiger partial charge in [0, 0.05) is 30.2 Å². The van der Waals surface area contributed by atoms with Crippen LogP contribution in [0.15, 0.2) is 30.1 Å². The number of nitrogens with zero attached hydrogens (tertiary/aromatic N) is 1. The molecule has 33 heavy (non-hydrogen) atoms. The first-order valence-corrected chi connectivity index (χ1v) is 10.5. The van der Waals surface area contributed by atoms with Gasteiger partial charge in [0.25, 0.3) is 0 Å². The number of rotatable bonds is 6. The van der Waals surface area contributed by atoms with Gasteiger partial charge in [-0.15, -0.1) is 0 Å². The van der Waals surface area contributed by atoms with Crippen LogP contribution >= 0.6 is 23.2 Å². The van der Waals surface area contributed by atoms with Gasteiger partial charge in [0.1, 0.15) is 0 Å². The lowest BCUT2D eigenvalue weighted by Gasteiger charge is -2.26. The zero-order valence-corrected chi connectivity index (χ0v) is 18.9. The SMILES string of the molecule is CC1C(C(=O)Nc2ccc(Cl)c(Cl)c2)CCN1C(=O)C(=O)NC(CC(F)(F)F)/C(N)=C/NN. The van der Waals surface area contributed by atoms with Crippen molar-refractivity contribution in [2.75, 3.05) is 11.9 Å². The van der Waals surface area contributed by atoms with E-state index < -0.39 is 54.0 Å². The first-order valence-electron chi connectivity index (χ1n) is 9.69. The number of nitrogens with two attached hydrogens (primary N) is 2. The number of hydrazine groups is 1. The second kappa shape index (κ2) is 10.9. The van der Waals surface area contributed by atoms with E-state index in [-0.39, 0.29) is 18.0 Å². The molecule has 0 aliphatic carbocycles. The molecule has 14 heteroatoms. The fourth-order valence-electron chi connectivity index (χ4n) is 3.42. The molecule has 1 heterocycles. The summed E-state index contributed by atoms with van der Waals surface area (Å²) in [5.74, 6) is 1.60. The van der Waals surface area contributed by atoms with Gasteiger partial charge in [-0.3, -0.25) is 20.2 Å². The molecule has 0 aromatic heterocycles. The van der Waals surface area contributed by atoms with Crippen LogP contribution in [0.3, 0.4) is 0 Å². The van der Waals surface area contributed by atoms with E-state index >= 15 is 0 Å². The lowest BCUT2D eigenvalue weighted by molar-refractivity contribution is -0.150. The van der Waals surface area contributed by atoms with Crippen LogP contribution in [0.25, 0.3) is 0 Å². The van der Waals surface area contributed by atoms with Gasteiger partial charge < -0.3 is 26.7 Å². The lowest BCUT2D eigenvalue weighted by Crippen LogP contribution is -2.51. The van der Waals surface area contributed by atoms with E-state index in [1.54, 1.807) is 13.0 Å². The van der Waals surface area contributed by atoms with Crippen LogP contribution in [-0.4, -0.2) is 47.4 Å². The first-order chi connectivity index (χ1) is 15.3. The van der Waals surface area contributed by atoms with Crippen molar-refractivity contribution in [3.8, 4) is 0 Å².